The van der Waals surface area contributed by atoms with Gasteiger partial charge in [-0.2, -0.15) is 0 Å². The highest BCUT2D eigenvalue weighted by molar-refractivity contribution is 9.10. The zero-order chi connectivity index (χ0) is 12.8. The molecule has 0 bridgehead atoms. The first kappa shape index (κ1) is 13.5. The number of carbonyl (C=O) groups is 2. The molecule has 0 aromatic heterocycles. The Morgan fingerprint density at radius 2 is 2.18 bits per heavy atom. The van der Waals surface area contributed by atoms with Gasteiger partial charge < -0.3 is 15.8 Å². The summed E-state index contributed by atoms with van der Waals surface area (Å²) >= 11 is 3.24. The van der Waals surface area contributed by atoms with Crippen molar-refractivity contribution in [3.05, 3.63) is 28.2 Å². The second-order valence-corrected chi connectivity index (χ2v) is 4.13. The minimum atomic E-state index is -0.475. The molecule has 1 aromatic carbocycles. The standard InChI is InChI=1S/C11H13BrN2O3/c1-2-17-10(15)6-14-11(16)8-4-3-7(12)5-9(8)13/h3-5H,2,6,13H2,1H3,(H,14,16). The Balaban J connectivity index is 2.61. The molecule has 0 aliphatic carbocycles. The van der Waals surface area contributed by atoms with Crippen molar-refractivity contribution in [2.75, 3.05) is 18.9 Å². The van der Waals surface area contributed by atoms with E-state index in [2.05, 4.69) is 26.0 Å². The van der Waals surface area contributed by atoms with Crippen LogP contribution in [0.3, 0.4) is 0 Å². The van der Waals surface area contributed by atoms with Crippen LogP contribution < -0.4 is 11.1 Å². The minimum Gasteiger partial charge on any atom is -0.465 e. The van der Waals surface area contributed by atoms with Crippen LogP contribution >= 0.6 is 15.9 Å². The summed E-state index contributed by atoms with van der Waals surface area (Å²) in [6, 6.07) is 4.91. The van der Waals surface area contributed by atoms with Crippen LogP contribution in [-0.4, -0.2) is 25.0 Å². The summed E-state index contributed by atoms with van der Waals surface area (Å²) < 4.78 is 5.47. The lowest BCUT2D eigenvalue weighted by Gasteiger charge is -2.07. The Labute approximate surface area is 107 Å². The van der Waals surface area contributed by atoms with Crippen LogP contribution in [0.1, 0.15) is 17.3 Å². The van der Waals surface area contributed by atoms with Gasteiger partial charge in [-0.15, -0.1) is 0 Å². The lowest BCUT2D eigenvalue weighted by atomic mass is 10.1. The van der Waals surface area contributed by atoms with Gasteiger partial charge in [0.1, 0.15) is 6.54 Å². The fourth-order valence-corrected chi connectivity index (χ4v) is 1.58. The third-order valence-corrected chi connectivity index (χ3v) is 2.45. The summed E-state index contributed by atoms with van der Waals surface area (Å²) in [6.07, 6.45) is 0. The first-order chi connectivity index (χ1) is 8.04. The van der Waals surface area contributed by atoms with E-state index in [1.165, 1.54) is 0 Å². The van der Waals surface area contributed by atoms with Crippen LogP contribution in [0.4, 0.5) is 5.69 Å². The molecule has 1 rings (SSSR count). The molecule has 0 atom stereocenters. The van der Waals surface area contributed by atoms with E-state index in [4.69, 9.17) is 5.73 Å². The van der Waals surface area contributed by atoms with Crippen molar-refractivity contribution < 1.29 is 14.3 Å². The number of hydrogen-bond donors (Lipinski definition) is 2. The van der Waals surface area contributed by atoms with Gasteiger partial charge in [0.15, 0.2) is 0 Å². The molecule has 1 amide bonds. The Morgan fingerprint density at radius 1 is 1.47 bits per heavy atom. The molecular weight excluding hydrogens is 288 g/mol. The highest BCUT2D eigenvalue weighted by Crippen LogP contribution is 2.18. The van der Waals surface area contributed by atoms with Crippen molar-refractivity contribution in [2.45, 2.75) is 6.92 Å². The molecule has 0 aliphatic heterocycles. The molecule has 0 spiro atoms. The summed E-state index contributed by atoms with van der Waals surface area (Å²) in [7, 11) is 0. The zero-order valence-corrected chi connectivity index (χ0v) is 10.9. The number of halogens is 1. The average molecular weight is 301 g/mol. The molecule has 17 heavy (non-hydrogen) atoms. The molecule has 0 fully saturated rings. The summed E-state index contributed by atoms with van der Waals surface area (Å²) in [5.74, 6) is -0.875. The highest BCUT2D eigenvalue weighted by atomic mass is 79.9. The van der Waals surface area contributed by atoms with E-state index in [-0.39, 0.29) is 13.2 Å². The normalized spacial score (nSPS) is 9.76. The number of nitrogens with two attached hydrogens (primary N) is 1. The van der Waals surface area contributed by atoms with Gasteiger partial charge in [-0.05, 0) is 25.1 Å². The van der Waals surface area contributed by atoms with Gasteiger partial charge >= 0.3 is 5.97 Å². The van der Waals surface area contributed by atoms with E-state index >= 15 is 0 Å². The Kier molecular flexibility index (Phi) is 4.96. The van der Waals surface area contributed by atoms with E-state index in [0.717, 1.165) is 4.47 Å². The van der Waals surface area contributed by atoms with Crippen LogP contribution in [0.5, 0.6) is 0 Å². The highest BCUT2D eigenvalue weighted by Gasteiger charge is 2.11. The van der Waals surface area contributed by atoms with Crippen LogP contribution in [0.25, 0.3) is 0 Å². The van der Waals surface area contributed by atoms with Crippen molar-refractivity contribution in [3.8, 4) is 0 Å². The average Bonchev–Trinajstić information content (AvgIpc) is 2.26. The molecule has 92 valence electrons. The lowest BCUT2D eigenvalue weighted by molar-refractivity contribution is -0.141. The Morgan fingerprint density at radius 3 is 2.76 bits per heavy atom. The van der Waals surface area contributed by atoms with Crippen molar-refractivity contribution in [3.63, 3.8) is 0 Å². The monoisotopic (exact) mass is 300 g/mol. The van der Waals surface area contributed by atoms with Crippen LogP contribution in [0, 0.1) is 0 Å². The molecule has 0 heterocycles. The molecule has 0 saturated heterocycles. The summed E-state index contributed by atoms with van der Waals surface area (Å²) in [5, 5.41) is 2.44. The topological polar surface area (TPSA) is 81.4 Å². The number of rotatable bonds is 4. The number of esters is 1. The van der Waals surface area contributed by atoms with Gasteiger partial charge in [0.05, 0.1) is 12.2 Å². The molecule has 1 aromatic rings. The van der Waals surface area contributed by atoms with E-state index in [1.54, 1.807) is 25.1 Å². The molecule has 5 nitrogen and oxygen atoms in total. The van der Waals surface area contributed by atoms with Crippen LogP contribution in [0.15, 0.2) is 22.7 Å². The van der Waals surface area contributed by atoms with Crippen LogP contribution in [0.2, 0.25) is 0 Å². The van der Waals surface area contributed by atoms with Gasteiger partial charge in [-0.3, -0.25) is 9.59 Å². The number of carbonyl (C=O) groups excluding carboxylic acids is 2. The zero-order valence-electron chi connectivity index (χ0n) is 9.33. The maximum absolute atomic E-state index is 11.7. The third kappa shape index (κ3) is 4.07. The van der Waals surface area contributed by atoms with E-state index in [1.807, 2.05) is 0 Å². The van der Waals surface area contributed by atoms with Gasteiger partial charge in [0.2, 0.25) is 0 Å². The Hall–Kier alpha value is -1.56. The van der Waals surface area contributed by atoms with Crippen molar-refractivity contribution in [1.82, 2.24) is 5.32 Å². The number of nitrogen functional groups attached to an aromatic ring is 1. The number of benzene rings is 1. The van der Waals surface area contributed by atoms with Crippen molar-refractivity contribution in [2.24, 2.45) is 0 Å². The van der Waals surface area contributed by atoms with Crippen molar-refractivity contribution in [1.29, 1.82) is 0 Å². The maximum Gasteiger partial charge on any atom is 0.325 e. The summed E-state index contributed by atoms with van der Waals surface area (Å²) in [6.45, 7) is 1.82. The minimum absolute atomic E-state index is 0.165. The fraction of sp³-hybridized carbons (Fsp3) is 0.273. The molecule has 0 saturated carbocycles. The SMILES string of the molecule is CCOC(=O)CNC(=O)c1ccc(Br)cc1N. The number of amides is 1. The van der Waals surface area contributed by atoms with Crippen LogP contribution in [-0.2, 0) is 9.53 Å². The predicted molar refractivity (Wildman–Crippen MR) is 67.5 cm³/mol. The predicted octanol–water partition coefficient (Wildman–Crippen LogP) is 1.32. The van der Waals surface area contributed by atoms with Gasteiger partial charge in [-0.25, -0.2) is 0 Å². The van der Waals surface area contributed by atoms with E-state index in [0.29, 0.717) is 11.3 Å². The molecule has 6 heteroatoms. The van der Waals surface area contributed by atoms with E-state index < -0.39 is 11.9 Å². The molecule has 3 N–H and O–H groups in total. The smallest absolute Gasteiger partial charge is 0.325 e. The second kappa shape index (κ2) is 6.24. The largest absolute Gasteiger partial charge is 0.465 e. The number of nitrogens with one attached hydrogen (secondary N) is 1. The summed E-state index contributed by atoms with van der Waals surface area (Å²) in [5.41, 5.74) is 6.36. The quantitative estimate of drug-likeness (QED) is 0.649. The fourth-order valence-electron chi connectivity index (χ4n) is 1.20. The first-order valence-electron chi connectivity index (χ1n) is 5.03. The number of hydrogen-bond acceptors (Lipinski definition) is 4. The first-order valence-corrected chi connectivity index (χ1v) is 5.82. The lowest BCUT2D eigenvalue weighted by Crippen LogP contribution is -2.31. The molecular formula is C11H13BrN2O3. The molecule has 0 unspecified atom stereocenters. The Bertz CT molecular complexity index is 435. The molecule has 0 radical (unpaired) electrons. The number of ether oxygens (including phenoxy) is 1. The van der Waals surface area contributed by atoms with Gasteiger partial charge in [-0.1, -0.05) is 15.9 Å². The summed E-state index contributed by atoms with van der Waals surface area (Å²) in [4.78, 5) is 22.7. The second-order valence-electron chi connectivity index (χ2n) is 3.22. The number of anilines is 1. The van der Waals surface area contributed by atoms with Crippen molar-refractivity contribution >= 4 is 33.5 Å². The van der Waals surface area contributed by atoms with E-state index in [9.17, 15) is 9.59 Å². The van der Waals surface area contributed by atoms with Gasteiger partial charge in [0.25, 0.3) is 5.91 Å². The van der Waals surface area contributed by atoms with Gasteiger partial charge in [0, 0.05) is 10.2 Å². The third-order valence-electron chi connectivity index (χ3n) is 1.96. The molecule has 0 aliphatic rings. The maximum atomic E-state index is 11.7.